The van der Waals surface area contributed by atoms with Gasteiger partial charge in [0.25, 0.3) is 0 Å². The van der Waals surface area contributed by atoms with Crippen molar-refractivity contribution in [2.45, 2.75) is 26.2 Å². The minimum absolute atomic E-state index is 0. The minimum Gasteiger partial charge on any atom is -0.478 e. The molecule has 0 atom stereocenters. The molecule has 1 fully saturated rings. The molecule has 3 aromatic carbocycles. The standard InChI is InChI=1S/C30H28FN3O.ClH/c1-2-35-27(32)18-13-20-11-14-23(15-12-20)29(24-16-17-26-25(19-24)30(31)34-33-26)28(22-9-6-10-22)21-7-4-3-5-8-21;/h3-5,7-8,11-19,22,32H,2,6,9-10H2,1H3,(H,33,34);1H/b18-13+,29-28-,32-27?;. The Labute approximate surface area is 216 Å². The molecule has 1 aliphatic carbocycles. The van der Waals surface area contributed by atoms with Gasteiger partial charge in [-0.05, 0) is 77.3 Å². The molecule has 0 saturated heterocycles. The molecule has 1 aromatic heterocycles. The van der Waals surface area contributed by atoms with Gasteiger partial charge in [0.05, 0.1) is 17.5 Å². The van der Waals surface area contributed by atoms with Crippen molar-refractivity contribution in [2.75, 3.05) is 6.61 Å². The Kier molecular flexibility index (Phi) is 8.01. The molecule has 0 bridgehead atoms. The average molecular weight is 502 g/mol. The molecule has 0 radical (unpaired) electrons. The van der Waals surface area contributed by atoms with Crippen molar-refractivity contribution in [3.8, 4) is 0 Å². The Morgan fingerprint density at radius 3 is 2.42 bits per heavy atom. The van der Waals surface area contributed by atoms with Crippen LogP contribution < -0.4 is 0 Å². The maximum absolute atomic E-state index is 14.4. The molecule has 36 heavy (non-hydrogen) atoms. The van der Waals surface area contributed by atoms with E-state index in [4.69, 9.17) is 10.1 Å². The van der Waals surface area contributed by atoms with Crippen molar-refractivity contribution in [1.29, 1.82) is 5.41 Å². The van der Waals surface area contributed by atoms with Crippen LogP contribution in [0.2, 0.25) is 0 Å². The lowest BCUT2D eigenvalue weighted by Crippen LogP contribution is -2.15. The quantitative estimate of drug-likeness (QED) is 0.153. The lowest BCUT2D eigenvalue weighted by molar-refractivity contribution is 0.327. The van der Waals surface area contributed by atoms with Crippen LogP contribution in [-0.4, -0.2) is 22.7 Å². The normalized spacial score (nSPS) is 14.3. The largest absolute Gasteiger partial charge is 0.478 e. The summed E-state index contributed by atoms with van der Waals surface area (Å²) in [5.41, 5.74) is 7.30. The molecule has 0 unspecified atom stereocenters. The molecular formula is C30H29ClFN3O. The highest BCUT2D eigenvalue weighted by molar-refractivity contribution is 6.01. The summed E-state index contributed by atoms with van der Waals surface area (Å²) in [4.78, 5) is 0. The number of rotatable bonds is 7. The summed E-state index contributed by atoms with van der Waals surface area (Å²) in [6, 6.07) is 24.7. The van der Waals surface area contributed by atoms with Crippen molar-refractivity contribution >= 4 is 46.4 Å². The van der Waals surface area contributed by atoms with Gasteiger partial charge in [0.2, 0.25) is 11.8 Å². The van der Waals surface area contributed by atoms with Gasteiger partial charge in [0, 0.05) is 6.08 Å². The molecule has 4 aromatic rings. The van der Waals surface area contributed by atoms with Crippen molar-refractivity contribution < 1.29 is 9.13 Å². The molecule has 0 amide bonds. The minimum atomic E-state index is -0.414. The molecule has 5 rings (SSSR count). The Balaban J connectivity index is 0.00000304. The van der Waals surface area contributed by atoms with Crippen molar-refractivity contribution in [1.82, 2.24) is 10.2 Å². The maximum Gasteiger partial charge on any atom is 0.216 e. The van der Waals surface area contributed by atoms with Gasteiger partial charge in [0.1, 0.15) is 0 Å². The summed E-state index contributed by atoms with van der Waals surface area (Å²) < 4.78 is 19.6. The summed E-state index contributed by atoms with van der Waals surface area (Å²) in [5.74, 6) is 0.191. The number of hydrogen-bond donors (Lipinski definition) is 2. The van der Waals surface area contributed by atoms with E-state index in [9.17, 15) is 4.39 Å². The number of benzene rings is 3. The fourth-order valence-electron chi connectivity index (χ4n) is 4.65. The van der Waals surface area contributed by atoms with Gasteiger partial charge in [-0.1, -0.05) is 67.1 Å². The predicted molar refractivity (Wildman–Crippen MR) is 148 cm³/mol. The Morgan fingerprint density at radius 1 is 1.03 bits per heavy atom. The van der Waals surface area contributed by atoms with Gasteiger partial charge in [0.15, 0.2) is 0 Å². The van der Waals surface area contributed by atoms with Gasteiger partial charge in [-0.25, -0.2) is 0 Å². The van der Waals surface area contributed by atoms with E-state index in [2.05, 4.69) is 46.6 Å². The van der Waals surface area contributed by atoms with Gasteiger partial charge < -0.3 is 4.74 Å². The second kappa shape index (κ2) is 11.4. The van der Waals surface area contributed by atoms with Crippen molar-refractivity contribution in [3.05, 3.63) is 107 Å². The van der Waals surface area contributed by atoms with Gasteiger partial charge in [-0.15, -0.1) is 12.4 Å². The van der Waals surface area contributed by atoms with E-state index < -0.39 is 5.95 Å². The third kappa shape index (κ3) is 5.26. The van der Waals surface area contributed by atoms with Crippen LogP contribution >= 0.6 is 12.4 Å². The fourth-order valence-corrected chi connectivity index (χ4v) is 4.65. The molecular weight excluding hydrogens is 473 g/mol. The maximum atomic E-state index is 14.4. The first-order valence-electron chi connectivity index (χ1n) is 12.1. The lowest BCUT2D eigenvalue weighted by Gasteiger charge is -2.31. The second-order valence-corrected chi connectivity index (χ2v) is 8.80. The molecule has 1 saturated carbocycles. The highest BCUT2D eigenvalue weighted by Gasteiger charge is 2.27. The van der Waals surface area contributed by atoms with E-state index in [0.717, 1.165) is 35.1 Å². The third-order valence-corrected chi connectivity index (χ3v) is 6.59. The molecule has 1 aliphatic rings. The molecule has 1 heterocycles. The number of hydrogen-bond acceptors (Lipinski definition) is 3. The number of allylic oxidation sites excluding steroid dienone is 1. The first-order valence-corrected chi connectivity index (χ1v) is 12.1. The smallest absolute Gasteiger partial charge is 0.216 e. The van der Waals surface area contributed by atoms with E-state index in [-0.39, 0.29) is 18.3 Å². The number of fused-ring (bicyclic) bond motifs is 1. The monoisotopic (exact) mass is 501 g/mol. The topological polar surface area (TPSA) is 61.8 Å². The second-order valence-electron chi connectivity index (χ2n) is 8.80. The third-order valence-electron chi connectivity index (χ3n) is 6.59. The summed E-state index contributed by atoms with van der Waals surface area (Å²) >= 11 is 0. The van der Waals surface area contributed by atoms with E-state index in [1.807, 2.05) is 49.4 Å². The first kappa shape index (κ1) is 25.4. The lowest BCUT2D eigenvalue weighted by atomic mass is 9.73. The van der Waals surface area contributed by atoms with Crippen molar-refractivity contribution in [2.24, 2.45) is 5.92 Å². The molecule has 4 nitrogen and oxygen atoms in total. The zero-order chi connectivity index (χ0) is 24.2. The first-order chi connectivity index (χ1) is 17.1. The SMILES string of the molecule is CCOC(=N)/C=C/c1ccc(/C(=C(\c2ccccc2)C2CCC2)c2ccc3n[nH]c(F)c3c2)cc1.Cl. The highest BCUT2D eigenvalue weighted by atomic mass is 35.5. The molecule has 184 valence electrons. The average Bonchev–Trinajstić information content (AvgIpc) is 3.23. The van der Waals surface area contributed by atoms with E-state index in [0.29, 0.717) is 23.4 Å². The number of aromatic amines is 1. The molecule has 0 spiro atoms. The Hall–Kier alpha value is -3.70. The van der Waals surface area contributed by atoms with Crippen LogP contribution in [0.25, 0.3) is 28.1 Å². The van der Waals surface area contributed by atoms with Gasteiger partial charge >= 0.3 is 0 Å². The van der Waals surface area contributed by atoms with Crippen LogP contribution in [-0.2, 0) is 4.74 Å². The van der Waals surface area contributed by atoms with E-state index in [1.54, 1.807) is 6.08 Å². The fraction of sp³-hybridized carbons (Fsp3) is 0.200. The molecule has 0 aliphatic heterocycles. The number of nitrogens with one attached hydrogen (secondary N) is 2. The van der Waals surface area contributed by atoms with Gasteiger partial charge in [-0.3, -0.25) is 10.5 Å². The number of H-pyrrole nitrogens is 1. The number of aromatic nitrogens is 2. The van der Waals surface area contributed by atoms with Crippen LogP contribution in [0.5, 0.6) is 0 Å². The Morgan fingerprint density at radius 2 is 1.75 bits per heavy atom. The summed E-state index contributed by atoms with van der Waals surface area (Å²) in [5, 5.41) is 14.8. The van der Waals surface area contributed by atoms with E-state index in [1.165, 1.54) is 17.6 Å². The zero-order valence-electron chi connectivity index (χ0n) is 20.1. The number of halogens is 2. The summed E-state index contributed by atoms with van der Waals surface area (Å²) in [6.45, 7) is 2.34. The summed E-state index contributed by atoms with van der Waals surface area (Å²) in [7, 11) is 0. The van der Waals surface area contributed by atoms with Crippen LogP contribution in [0.3, 0.4) is 0 Å². The number of ether oxygens (including phenoxy) is 1. The molecule has 6 heteroatoms. The predicted octanol–water partition coefficient (Wildman–Crippen LogP) is 7.91. The van der Waals surface area contributed by atoms with Crippen LogP contribution in [0.15, 0.2) is 78.9 Å². The van der Waals surface area contributed by atoms with Crippen LogP contribution in [0.1, 0.15) is 48.4 Å². The van der Waals surface area contributed by atoms with E-state index >= 15 is 0 Å². The Bertz CT molecular complexity index is 1400. The van der Waals surface area contributed by atoms with Gasteiger partial charge in [-0.2, -0.15) is 9.49 Å². The van der Waals surface area contributed by atoms with Crippen molar-refractivity contribution in [3.63, 3.8) is 0 Å². The zero-order valence-corrected chi connectivity index (χ0v) is 20.9. The summed E-state index contributed by atoms with van der Waals surface area (Å²) in [6.07, 6.45) is 7.06. The highest BCUT2D eigenvalue weighted by Crippen LogP contribution is 2.45. The van der Waals surface area contributed by atoms with Crippen LogP contribution in [0, 0.1) is 17.3 Å². The number of nitrogens with zero attached hydrogens (tertiary/aromatic N) is 1. The molecule has 2 N–H and O–H groups in total. The van der Waals surface area contributed by atoms with Crippen LogP contribution in [0.4, 0.5) is 4.39 Å².